The Balaban J connectivity index is 2.15. The summed E-state index contributed by atoms with van der Waals surface area (Å²) in [6.07, 6.45) is -1.46. The lowest BCUT2D eigenvalue weighted by molar-refractivity contribution is -0.139. The average Bonchev–Trinajstić information content (AvgIpc) is 3.13. The summed E-state index contributed by atoms with van der Waals surface area (Å²) in [6, 6.07) is 2.15. The van der Waals surface area contributed by atoms with Crippen LogP contribution in [-0.2, 0) is 4.79 Å². The van der Waals surface area contributed by atoms with Gasteiger partial charge in [0.2, 0.25) is 5.91 Å². The normalized spacial score (nSPS) is 12.7. The highest BCUT2D eigenvalue weighted by molar-refractivity contribution is 5.93. The molecule has 8 nitrogen and oxygen atoms in total. The fourth-order valence-corrected chi connectivity index (χ4v) is 2.56. The van der Waals surface area contributed by atoms with Crippen LogP contribution in [0.5, 0.6) is 0 Å². The molecule has 0 bridgehead atoms. The number of H-pyrrole nitrogens is 1. The number of nitrogens with one attached hydrogen (secondary N) is 4. The van der Waals surface area contributed by atoms with Gasteiger partial charge in [0, 0.05) is 24.0 Å². The van der Waals surface area contributed by atoms with E-state index in [2.05, 4.69) is 25.6 Å². The SMILES string of the molecule is CC(C)NC(=O)c1cc(-c2nccc(N[C@@H](C(=O)NCC(F)(F)F)C(C)C)n2)c[nH]1. The lowest BCUT2D eigenvalue weighted by Gasteiger charge is -2.22. The van der Waals surface area contributed by atoms with Crippen molar-refractivity contribution in [1.82, 2.24) is 25.6 Å². The van der Waals surface area contributed by atoms with Crippen LogP contribution in [-0.4, -0.2) is 51.6 Å². The van der Waals surface area contributed by atoms with Crippen LogP contribution in [0, 0.1) is 5.92 Å². The molecule has 2 aromatic heterocycles. The molecule has 1 atom stereocenters. The first-order valence-corrected chi connectivity index (χ1v) is 9.40. The van der Waals surface area contributed by atoms with E-state index in [0.717, 1.165) is 0 Å². The summed E-state index contributed by atoms with van der Waals surface area (Å²) in [5.41, 5.74) is 0.891. The molecule has 0 aliphatic carbocycles. The second-order valence-electron chi connectivity index (χ2n) is 7.39. The number of amides is 2. The largest absolute Gasteiger partial charge is 0.405 e. The van der Waals surface area contributed by atoms with Crippen LogP contribution < -0.4 is 16.0 Å². The number of aromatic amines is 1. The third kappa shape index (κ3) is 6.75. The number of aromatic nitrogens is 3. The van der Waals surface area contributed by atoms with Gasteiger partial charge in [-0.05, 0) is 31.9 Å². The minimum Gasteiger partial charge on any atom is -0.358 e. The lowest BCUT2D eigenvalue weighted by Crippen LogP contribution is -2.46. The van der Waals surface area contributed by atoms with Crippen molar-refractivity contribution in [3.8, 4) is 11.4 Å². The number of rotatable bonds is 8. The molecule has 0 aromatic carbocycles. The maximum Gasteiger partial charge on any atom is 0.405 e. The third-order valence-electron chi connectivity index (χ3n) is 3.98. The van der Waals surface area contributed by atoms with Gasteiger partial charge in [-0.3, -0.25) is 9.59 Å². The third-order valence-corrected chi connectivity index (χ3v) is 3.98. The number of halogens is 3. The van der Waals surface area contributed by atoms with Gasteiger partial charge in [-0.15, -0.1) is 0 Å². The van der Waals surface area contributed by atoms with Crippen LogP contribution in [0.1, 0.15) is 38.2 Å². The molecule has 0 radical (unpaired) electrons. The molecule has 0 saturated heterocycles. The van der Waals surface area contributed by atoms with Gasteiger partial charge in [0.15, 0.2) is 5.82 Å². The van der Waals surface area contributed by atoms with Crippen molar-refractivity contribution >= 4 is 17.6 Å². The molecule has 2 amide bonds. The van der Waals surface area contributed by atoms with Gasteiger partial charge in [-0.1, -0.05) is 13.8 Å². The summed E-state index contributed by atoms with van der Waals surface area (Å²) < 4.78 is 37.2. The Hall–Kier alpha value is -3.11. The number of hydrogen-bond donors (Lipinski definition) is 4. The van der Waals surface area contributed by atoms with Crippen LogP contribution in [0.2, 0.25) is 0 Å². The second kappa shape index (κ2) is 9.59. The van der Waals surface area contributed by atoms with E-state index in [1.54, 1.807) is 26.1 Å². The van der Waals surface area contributed by atoms with Gasteiger partial charge in [0.25, 0.3) is 5.91 Å². The van der Waals surface area contributed by atoms with E-state index >= 15 is 0 Å². The number of carbonyl (C=O) groups is 2. The first-order chi connectivity index (χ1) is 14.0. The molecule has 2 rings (SSSR count). The molecule has 2 aromatic rings. The molecule has 0 spiro atoms. The second-order valence-corrected chi connectivity index (χ2v) is 7.39. The molecule has 0 fully saturated rings. The Bertz CT molecular complexity index is 879. The zero-order chi connectivity index (χ0) is 22.5. The van der Waals surface area contributed by atoms with Crippen molar-refractivity contribution in [2.75, 3.05) is 11.9 Å². The minimum atomic E-state index is -4.49. The monoisotopic (exact) mass is 426 g/mol. The van der Waals surface area contributed by atoms with Crippen LogP contribution in [0.4, 0.5) is 19.0 Å². The molecule has 0 unspecified atom stereocenters. The molecule has 0 aliphatic heterocycles. The van der Waals surface area contributed by atoms with Crippen LogP contribution in [0.15, 0.2) is 24.5 Å². The maximum absolute atomic E-state index is 12.4. The minimum absolute atomic E-state index is 0.0236. The summed E-state index contributed by atoms with van der Waals surface area (Å²) >= 11 is 0. The van der Waals surface area contributed by atoms with E-state index in [9.17, 15) is 22.8 Å². The van der Waals surface area contributed by atoms with Crippen LogP contribution >= 0.6 is 0 Å². The van der Waals surface area contributed by atoms with Gasteiger partial charge in [-0.2, -0.15) is 13.2 Å². The highest BCUT2D eigenvalue weighted by Crippen LogP contribution is 2.19. The van der Waals surface area contributed by atoms with E-state index in [-0.39, 0.29) is 29.5 Å². The van der Waals surface area contributed by atoms with E-state index in [1.807, 2.05) is 19.2 Å². The fraction of sp³-hybridized carbons (Fsp3) is 0.474. The van der Waals surface area contributed by atoms with Gasteiger partial charge < -0.3 is 20.9 Å². The van der Waals surface area contributed by atoms with Crippen molar-refractivity contribution < 1.29 is 22.8 Å². The first kappa shape index (κ1) is 23.2. The topological polar surface area (TPSA) is 112 Å². The fourth-order valence-electron chi connectivity index (χ4n) is 2.56. The number of nitrogens with zero attached hydrogens (tertiary/aromatic N) is 2. The van der Waals surface area contributed by atoms with Gasteiger partial charge in [0.1, 0.15) is 24.1 Å². The van der Waals surface area contributed by atoms with Crippen LogP contribution in [0.3, 0.4) is 0 Å². The molecule has 11 heteroatoms. The van der Waals surface area contributed by atoms with Gasteiger partial charge in [-0.25, -0.2) is 9.97 Å². The van der Waals surface area contributed by atoms with E-state index < -0.39 is 24.7 Å². The molecule has 164 valence electrons. The smallest absolute Gasteiger partial charge is 0.358 e. The lowest BCUT2D eigenvalue weighted by atomic mass is 10.0. The van der Waals surface area contributed by atoms with Crippen molar-refractivity contribution in [3.63, 3.8) is 0 Å². The summed E-state index contributed by atoms with van der Waals surface area (Å²) in [7, 11) is 0. The Morgan fingerprint density at radius 1 is 1.20 bits per heavy atom. The summed E-state index contributed by atoms with van der Waals surface area (Å²) in [6.45, 7) is 5.69. The Labute approximate surface area is 172 Å². The summed E-state index contributed by atoms with van der Waals surface area (Å²) in [5.74, 6) is -0.785. The standard InChI is InChI=1S/C19H25F3N6O2/c1-10(2)15(18(30)25-9-19(20,21)22)27-14-5-6-23-16(28-14)12-7-13(24-8-12)17(29)26-11(3)4/h5-8,10-11,15,24H,9H2,1-4H3,(H,25,30)(H,26,29)(H,23,27,28)/t15-/m1/s1. The maximum atomic E-state index is 12.4. The predicted octanol–water partition coefficient (Wildman–Crippen LogP) is 2.72. The highest BCUT2D eigenvalue weighted by atomic mass is 19.4. The van der Waals surface area contributed by atoms with Gasteiger partial charge >= 0.3 is 6.18 Å². The van der Waals surface area contributed by atoms with Crippen molar-refractivity contribution in [2.24, 2.45) is 5.92 Å². The molecule has 4 N–H and O–H groups in total. The molecule has 0 saturated carbocycles. The molecule has 30 heavy (non-hydrogen) atoms. The Morgan fingerprint density at radius 3 is 2.50 bits per heavy atom. The van der Waals surface area contributed by atoms with Crippen LogP contribution in [0.25, 0.3) is 11.4 Å². The molecular weight excluding hydrogens is 401 g/mol. The number of hydrogen-bond acceptors (Lipinski definition) is 5. The quantitative estimate of drug-likeness (QED) is 0.519. The Kier molecular flexibility index (Phi) is 7.41. The van der Waals surface area contributed by atoms with Crippen molar-refractivity contribution in [2.45, 2.75) is 46.0 Å². The Morgan fingerprint density at radius 2 is 1.90 bits per heavy atom. The highest BCUT2D eigenvalue weighted by Gasteiger charge is 2.30. The van der Waals surface area contributed by atoms with Crippen molar-refractivity contribution in [1.29, 1.82) is 0 Å². The first-order valence-electron chi connectivity index (χ1n) is 9.40. The van der Waals surface area contributed by atoms with Gasteiger partial charge in [0.05, 0.1) is 0 Å². The number of carbonyl (C=O) groups excluding carboxylic acids is 2. The number of anilines is 1. The van der Waals surface area contributed by atoms with E-state index in [1.165, 1.54) is 12.3 Å². The summed E-state index contributed by atoms with van der Waals surface area (Å²) in [5, 5.41) is 7.50. The average molecular weight is 426 g/mol. The number of alkyl halides is 3. The predicted molar refractivity (Wildman–Crippen MR) is 106 cm³/mol. The molecular formula is C19H25F3N6O2. The van der Waals surface area contributed by atoms with Crippen molar-refractivity contribution in [3.05, 3.63) is 30.2 Å². The summed E-state index contributed by atoms with van der Waals surface area (Å²) in [4.78, 5) is 35.6. The zero-order valence-corrected chi connectivity index (χ0v) is 17.1. The van der Waals surface area contributed by atoms with E-state index in [0.29, 0.717) is 11.3 Å². The van der Waals surface area contributed by atoms with E-state index in [4.69, 9.17) is 0 Å². The zero-order valence-electron chi connectivity index (χ0n) is 17.1. The molecule has 0 aliphatic rings. The molecule has 2 heterocycles.